The molecule has 1 unspecified atom stereocenters. The van der Waals surface area contributed by atoms with E-state index in [1.807, 2.05) is 55.3 Å². The van der Waals surface area contributed by atoms with E-state index in [0.29, 0.717) is 0 Å². The van der Waals surface area contributed by atoms with Crippen molar-refractivity contribution in [2.75, 3.05) is 7.05 Å². The van der Waals surface area contributed by atoms with Crippen LogP contribution in [0.5, 0.6) is 0 Å². The molecule has 0 bridgehead atoms. The van der Waals surface area contributed by atoms with Gasteiger partial charge in [0.05, 0.1) is 6.04 Å². The van der Waals surface area contributed by atoms with Crippen LogP contribution < -0.4 is 0 Å². The third kappa shape index (κ3) is 1.83. The van der Waals surface area contributed by atoms with Crippen LogP contribution in [0.15, 0.2) is 72.3 Å². The van der Waals surface area contributed by atoms with E-state index in [1.165, 1.54) is 0 Å². The zero-order valence-corrected chi connectivity index (χ0v) is 13.3. The van der Waals surface area contributed by atoms with E-state index in [1.54, 1.807) is 0 Å². The van der Waals surface area contributed by atoms with Gasteiger partial charge in [0.25, 0.3) is 0 Å². The smallest absolute Gasteiger partial charge is 0.242 e. The lowest BCUT2D eigenvalue weighted by Crippen LogP contribution is -2.38. The number of amides is 1. The molecule has 2 nitrogen and oxygen atoms in total. The molecular weight excluding hydrogens is 270 g/mol. The van der Waals surface area contributed by atoms with Gasteiger partial charge in [-0.1, -0.05) is 66.7 Å². The second-order valence-electron chi connectivity index (χ2n) is 5.82. The molecule has 2 heteroatoms. The van der Waals surface area contributed by atoms with Gasteiger partial charge in [0.2, 0.25) is 5.91 Å². The Bertz CT molecular complexity index is 664. The van der Waals surface area contributed by atoms with Crippen molar-refractivity contribution < 1.29 is 4.79 Å². The Morgan fingerprint density at radius 1 is 0.955 bits per heavy atom. The molecule has 2 aromatic rings. The maximum atomic E-state index is 13.3. The fraction of sp³-hybridized carbons (Fsp3) is 0.250. The van der Waals surface area contributed by atoms with Gasteiger partial charge in [0.1, 0.15) is 5.41 Å². The predicted octanol–water partition coefficient (Wildman–Crippen LogP) is 3.78. The fourth-order valence-corrected chi connectivity index (χ4v) is 3.67. The van der Waals surface area contributed by atoms with E-state index in [4.69, 9.17) is 0 Å². The first-order chi connectivity index (χ1) is 10.6. The fourth-order valence-electron chi connectivity index (χ4n) is 3.67. The van der Waals surface area contributed by atoms with Crippen LogP contribution in [0.25, 0.3) is 0 Å². The molecular formula is C20H21NO. The highest BCUT2D eigenvalue weighted by atomic mass is 16.2. The molecule has 0 aliphatic carbocycles. The Balaban J connectivity index is 2.37. The minimum Gasteiger partial charge on any atom is -0.338 e. The summed E-state index contributed by atoms with van der Waals surface area (Å²) in [6.07, 6.45) is 2.10. The van der Waals surface area contributed by atoms with Crippen LogP contribution in [-0.2, 0) is 10.2 Å². The first-order valence-electron chi connectivity index (χ1n) is 7.69. The highest BCUT2D eigenvalue weighted by molar-refractivity contribution is 5.99. The van der Waals surface area contributed by atoms with Crippen LogP contribution in [0.3, 0.4) is 0 Å². The Hall–Kier alpha value is -2.35. The summed E-state index contributed by atoms with van der Waals surface area (Å²) >= 11 is 0. The van der Waals surface area contributed by atoms with Gasteiger partial charge in [-0.05, 0) is 30.5 Å². The first kappa shape index (κ1) is 14.6. The zero-order valence-electron chi connectivity index (χ0n) is 13.3. The molecule has 1 amide bonds. The van der Waals surface area contributed by atoms with Crippen molar-refractivity contribution >= 4 is 5.91 Å². The number of likely N-dealkylation sites (N-methyl/N-ethyl adjacent to an activating group) is 1. The van der Waals surface area contributed by atoms with Gasteiger partial charge in [0, 0.05) is 7.05 Å². The quantitative estimate of drug-likeness (QED) is 0.771. The van der Waals surface area contributed by atoms with Crippen molar-refractivity contribution in [2.24, 2.45) is 0 Å². The average molecular weight is 291 g/mol. The summed E-state index contributed by atoms with van der Waals surface area (Å²) in [5.41, 5.74) is 2.52. The zero-order chi connectivity index (χ0) is 15.7. The number of carbonyl (C=O) groups is 1. The van der Waals surface area contributed by atoms with Gasteiger partial charge < -0.3 is 4.90 Å². The second kappa shape index (κ2) is 5.45. The van der Waals surface area contributed by atoms with Crippen molar-refractivity contribution in [3.05, 3.63) is 83.4 Å². The number of hydrogen-bond acceptors (Lipinski definition) is 1. The molecule has 0 radical (unpaired) electrons. The van der Waals surface area contributed by atoms with Crippen LogP contribution >= 0.6 is 0 Å². The van der Waals surface area contributed by atoms with E-state index >= 15 is 0 Å². The van der Waals surface area contributed by atoms with Gasteiger partial charge in [-0.3, -0.25) is 4.79 Å². The summed E-state index contributed by atoms with van der Waals surface area (Å²) in [5, 5.41) is 0. The average Bonchev–Trinajstić information content (AvgIpc) is 2.78. The highest BCUT2D eigenvalue weighted by Gasteiger charge is 2.54. The van der Waals surface area contributed by atoms with Crippen LogP contribution in [0.1, 0.15) is 25.0 Å². The highest BCUT2D eigenvalue weighted by Crippen LogP contribution is 2.47. The maximum Gasteiger partial charge on any atom is 0.242 e. The normalized spacial score (nSPS) is 22.3. The number of nitrogens with zero attached hydrogens (tertiary/aromatic N) is 1. The topological polar surface area (TPSA) is 20.3 Å². The Kier molecular flexibility index (Phi) is 3.61. The molecule has 0 aromatic heterocycles. The van der Waals surface area contributed by atoms with Gasteiger partial charge >= 0.3 is 0 Å². The molecule has 0 spiro atoms. The van der Waals surface area contributed by atoms with Crippen LogP contribution in [0.2, 0.25) is 0 Å². The van der Waals surface area contributed by atoms with Gasteiger partial charge in [-0.2, -0.15) is 0 Å². The van der Waals surface area contributed by atoms with Gasteiger partial charge in [0.15, 0.2) is 0 Å². The molecule has 1 saturated heterocycles. The molecule has 1 atom stereocenters. The van der Waals surface area contributed by atoms with Crippen molar-refractivity contribution in [3.8, 4) is 0 Å². The molecule has 0 N–H and O–H groups in total. The summed E-state index contributed by atoms with van der Waals surface area (Å²) in [6.45, 7) is 4.12. The monoisotopic (exact) mass is 291 g/mol. The minimum absolute atomic E-state index is 0.0953. The number of rotatable bonds is 2. The van der Waals surface area contributed by atoms with E-state index in [2.05, 4.69) is 37.3 Å². The lowest BCUT2D eigenvalue weighted by atomic mass is 9.69. The second-order valence-corrected chi connectivity index (χ2v) is 5.82. The molecule has 0 saturated carbocycles. The Morgan fingerprint density at radius 3 is 1.82 bits per heavy atom. The molecule has 2 aromatic carbocycles. The lowest BCUT2D eigenvalue weighted by molar-refractivity contribution is -0.130. The van der Waals surface area contributed by atoms with Crippen molar-refractivity contribution in [1.29, 1.82) is 0 Å². The van der Waals surface area contributed by atoms with Crippen LogP contribution in [0, 0.1) is 0 Å². The maximum absolute atomic E-state index is 13.3. The predicted molar refractivity (Wildman–Crippen MR) is 89.7 cm³/mol. The number of benzene rings is 2. The molecule has 1 heterocycles. The molecule has 1 aliphatic rings. The van der Waals surface area contributed by atoms with Gasteiger partial charge in [-0.15, -0.1) is 0 Å². The van der Waals surface area contributed by atoms with Crippen LogP contribution in [0.4, 0.5) is 0 Å². The standard InChI is InChI=1S/C20H21NO/c1-4-18-15(2)21(3)19(22)20(18,16-11-7-5-8-12-16)17-13-9-6-10-14-17/h4-15H,1-3H3/b18-4+. The van der Waals surface area contributed by atoms with Crippen molar-refractivity contribution in [1.82, 2.24) is 4.90 Å². The number of allylic oxidation sites excluding steroid dienone is 1. The third-order valence-electron chi connectivity index (χ3n) is 4.83. The largest absolute Gasteiger partial charge is 0.338 e. The summed E-state index contributed by atoms with van der Waals surface area (Å²) in [7, 11) is 1.89. The van der Waals surface area contributed by atoms with Crippen LogP contribution in [-0.4, -0.2) is 23.9 Å². The first-order valence-corrected chi connectivity index (χ1v) is 7.69. The molecule has 3 rings (SSSR count). The molecule has 22 heavy (non-hydrogen) atoms. The summed E-state index contributed by atoms with van der Waals surface area (Å²) in [5.74, 6) is 0.144. The Morgan fingerprint density at radius 2 is 1.41 bits per heavy atom. The molecule has 112 valence electrons. The summed E-state index contributed by atoms with van der Waals surface area (Å²) in [6, 6.07) is 20.3. The van der Waals surface area contributed by atoms with Crippen molar-refractivity contribution in [2.45, 2.75) is 25.3 Å². The number of likely N-dealkylation sites (tertiary alicyclic amines) is 1. The van der Waals surface area contributed by atoms with Crippen molar-refractivity contribution in [3.63, 3.8) is 0 Å². The lowest BCUT2D eigenvalue weighted by Gasteiger charge is -2.30. The Labute approximate surface area is 132 Å². The number of carbonyl (C=O) groups excluding carboxylic acids is 1. The van der Waals surface area contributed by atoms with E-state index < -0.39 is 5.41 Å². The molecule has 1 fully saturated rings. The van der Waals surface area contributed by atoms with E-state index in [9.17, 15) is 4.79 Å². The minimum atomic E-state index is -0.703. The third-order valence-corrected chi connectivity index (χ3v) is 4.83. The number of hydrogen-bond donors (Lipinski definition) is 0. The summed E-state index contributed by atoms with van der Waals surface area (Å²) in [4.78, 5) is 15.1. The van der Waals surface area contributed by atoms with E-state index in [0.717, 1.165) is 16.7 Å². The van der Waals surface area contributed by atoms with Gasteiger partial charge in [-0.25, -0.2) is 0 Å². The SMILES string of the molecule is C/C=C1\C(C)N(C)C(=O)C1(c1ccccc1)c1ccccc1. The summed E-state index contributed by atoms with van der Waals surface area (Å²) < 4.78 is 0. The van der Waals surface area contributed by atoms with E-state index in [-0.39, 0.29) is 11.9 Å². The molecule has 1 aliphatic heterocycles.